The summed E-state index contributed by atoms with van der Waals surface area (Å²) in [6.45, 7) is 1.71. The first-order valence-corrected chi connectivity index (χ1v) is 3.21. The van der Waals surface area contributed by atoms with Crippen LogP contribution in [0.5, 0.6) is 0 Å². The van der Waals surface area contributed by atoms with Crippen LogP contribution in [0.4, 0.5) is 4.39 Å². The minimum Gasteiger partial charge on any atom is -0.478 e. The van der Waals surface area contributed by atoms with Crippen LogP contribution in [0, 0.1) is 0 Å². The molecule has 0 aromatic heterocycles. The normalized spacial score (nSPS) is 13.2. The Morgan fingerprint density at radius 3 is 2.62 bits per heavy atom. The van der Waals surface area contributed by atoms with Gasteiger partial charge in [0.05, 0.1) is 0 Å². The molecule has 1 atom stereocenters. The standard InChI is InChI=1S/C4H7FO2S/c1-2-8-3(5)4(6)7/h3H,2H2,1H3,(H,6,7). The van der Waals surface area contributed by atoms with Crippen molar-refractivity contribution in [3.8, 4) is 0 Å². The van der Waals surface area contributed by atoms with Crippen LogP contribution in [0.1, 0.15) is 6.92 Å². The molecule has 0 aliphatic heterocycles. The molecule has 8 heavy (non-hydrogen) atoms. The molecule has 0 amide bonds. The Morgan fingerprint density at radius 1 is 2.00 bits per heavy atom. The summed E-state index contributed by atoms with van der Waals surface area (Å²) in [7, 11) is 0. The van der Waals surface area contributed by atoms with Crippen molar-refractivity contribution in [2.24, 2.45) is 0 Å². The van der Waals surface area contributed by atoms with E-state index in [-0.39, 0.29) is 0 Å². The monoisotopic (exact) mass is 138 g/mol. The third-order valence-corrected chi connectivity index (χ3v) is 1.33. The molecule has 0 aromatic rings. The van der Waals surface area contributed by atoms with E-state index in [2.05, 4.69) is 0 Å². The van der Waals surface area contributed by atoms with Gasteiger partial charge in [0.15, 0.2) is 0 Å². The first-order valence-electron chi connectivity index (χ1n) is 2.17. The van der Waals surface area contributed by atoms with Crippen LogP contribution in [0.15, 0.2) is 0 Å². The number of carbonyl (C=O) groups is 1. The Kier molecular flexibility index (Phi) is 3.60. The zero-order valence-electron chi connectivity index (χ0n) is 4.43. The largest absolute Gasteiger partial charge is 0.478 e. The molecule has 0 rings (SSSR count). The van der Waals surface area contributed by atoms with Gasteiger partial charge in [0.25, 0.3) is 0 Å². The van der Waals surface area contributed by atoms with E-state index in [1.807, 2.05) is 0 Å². The lowest BCUT2D eigenvalue weighted by Gasteiger charge is -1.96. The van der Waals surface area contributed by atoms with Gasteiger partial charge in [-0.3, -0.25) is 0 Å². The predicted octanol–water partition coefficient (Wildman–Crippen LogP) is 1.12. The number of rotatable bonds is 3. The van der Waals surface area contributed by atoms with Crippen molar-refractivity contribution in [2.45, 2.75) is 12.4 Å². The molecular weight excluding hydrogens is 131 g/mol. The van der Waals surface area contributed by atoms with Gasteiger partial charge in [0.1, 0.15) is 0 Å². The van der Waals surface area contributed by atoms with E-state index in [1.165, 1.54) is 0 Å². The molecule has 48 valence electrons. The summed E-state index contributed by atoms with van der Waals surface area (Å²) >= 11 is 0.773. The zero-order valence-corrected chi connectivity index (χ0v) is 5.24. The number of thioether (sulfide) groups is 1. The summed E-state index contributed by atoms with van der Waals surface area (Å²) in [5.41, 5.74) is -1.75. The van der Waals surface area contributed by atoms with Crippen molar-refractivity contribution in [3.63, 3.8) is 0 Å². The molecule has 0 heterocycles. The van der Waals surface area contributed by atoms with Crippen LogP contribution in [0.3, 0.4) is 0 Å². The number of hydrogen-bond donors (Lipinski definition) is 1. The first-order chi connectivity index (χ1) is 3.68. The van der Waals surface area contributed by atoms with Crippen LogP contribution in [-0.4, -0.2) is 22.3 Å². The minimum atomic E-state index is -1.75. The summed E-state index contributed by atoms with van der Waals surface area (Å²) < 4.78 is 11.9. The molecule has 0 fully saturated rings. The molecule has 2 nitrogen and oxygen atoms in total. The van der Waals surface area contributed by atoms with Gasteiger partial charge in [-0.1, -0.05) is 6.92 Å². The number of aliphatic carboxylic acids is 1. The van der Waals surface area contributed by atoms with Gasteiger partial charge in [-0.2, -0.15) is 0 Å². The van der Waals surface area contributed by atoms with Gasteiger partial charge in [-0.25, -0.2) is 9.18 Å². The molecule has 0 saturated carbocycles. The van der Waals surface area contributed by atoms with Crippen LogP contribution in [-0.2, 0) is 4.79 Å². The van der Waals surface area contributed by atoms with E-state index in [4.69, 9.17) is 5.11 Å². The number of carboxylic acids is 1. The Bertz CT molecular complexity index is 86.1. The second kappa shape index (κ2) is 3.72. The summed E-state index contributed by atoms with van der Waals surface area (Å²) in [5, 5.41) is 7.92. The van der Waals surface area contributed by atoms with Crippen LogP contribution in [0.2, 0.25) is 0 Å². The first kappa shape index (κ1) is 7.75. The van der Waals surface area contributed by atoms with Crippen molar-refractivity contribution in [1.82, 2.24) is 0 Å². The summed E-state index contributed by atoms with van der Waals surface area (Å²) in [6.07, 6.45) is 0. The van der Waals surface area contributed by atoms with E-state index in [0.29, 0.717) is 5.75 Å². The highest BCUT2D eigenvalue weighted by atomic mass is 32.2. The predicted molar refractivity (Wildman–Crippen MR) is 30.7 cm³/mol. The highest BCUT2D eigenvalue weighted by Crippen LogP contribution is 2.10. The molecule has 0 radical (unpaired) electrons. The highest BCUT2D eigenvalue weighted by molar-refractivity contribution is 8.00. The van der Waals surface area contributed by atoms with Gasteiger partial charge in [0.2, 0.25) is 5.50 Å². The second-order valence-corrected chi connectivity index (χ2v) is 2.43. The maximum atomic E-state index is 11.9. The minimum absolute atomic E-state index is 0.494. The Balaban J connectivity index is 3.32. The smallest absolute Gasteiger partial charge is 0.348 e. The lowest BCUT2D eigenvalue weighted by atomic mass is 10.8. The Labute approximate surface area is 51.1 Å². The van der Waals surface area contributed by atoms with E-state index in [1.54, 1.807) is 6.92 Å². The summed E-state index contributed by atoms with van der Waals surface area (Å²) in [6, 6.07) is 0. The number of alkyl halides is 1. The molecule has 4 heteroatoms. The molecule has 0 saturated heterocycles. The molecule has 0 aliphatic rings. The van der Waals surface area contributed by atoms with Gasteiger partial charge >= 0.3 is 5.97 Å². The van der Waals surface area contributed by atoms with Gasteiger partial charge < -0.3 is 5.11 Å². The fourth-order valence-electron chi connectivity index (χ4n) is 0.218. The molecule has 0 aromatic carbocycles. The zero-order chi connectivity index (χ0) is 6.57. The maximum absolute atomic E-state index is 11.9. The Morgan fingerprint density at radius 2 is 2.50 bits per heavy atom. The second-order valence-electron chi connectivity index (χ2n) is 1.11. The van der Waals surface area contributed by atoms with Crippen molar-refractivity contribution in [1.29, 1.82) is 0 Å². The van der Waals surface area contributed by atoms with Crippen molar-refractivity contribution < 1.29 is 14.3 Å². The van der Waals surface area contributed by atoms with Crippen molar-refractivity contribution in [2.75, 3.05) is 5.75 Å². The third-order valence-electron chi connectivity index (χ3n) is 0.507. The van der Waals surface area contributed by atoms with Gasteiger partial charge in [-0.15, -0.1) is 11.8 Å². The lowest BCUT2D eigenvalue weighted by molar-refractivity contribution is -0.139. The van der Waals surface area contributed by atoms with Crippen LogP contribution >= 0.6 is 11.8 Å². The summed E-state index contributed by atoms with van der Waals surface area (Å²) in [4.78, 5) is 9.69. The maximum Gasteiger partial charge on any atom is 0.348 e. The van der Waals surface area contributed by atoms with Crippen LogP contribution in [0.25, 0.3) is 0 Å². The fourth-order valence-corrected chi connectivity index (χ4v) is 0.653. The van der Waals surface area contributed by atoms with Crippen LogP contribution < -0.4 is 0 Å². The molecule has 0 aliphatic carbocycles. The van der Waals surface area contributed by atoms with Crippen molar-refractivity contribution >= 4 is 17.7 Å². The number of halogens is 1. The number of hydrogen-bond acceptors (Lipinski definition) is 2. The molecular formula is C4H7FO2S. The van der Waals surface area contributed by atoms with Gasteiger partial charge in [0, 0.05) is 0 Å². The van der Waals surface area contributed by atoms with E-state index in [9.17, 15) is 9.18 Å². The van der Waals surface area contributed by atoms with Gasteiger partial charge in [-0.05, 0) is 5.75 Å². The highest BCUT2D eigenvalue weighted by Gasteiger charge is 2.13. The Hall–Kier alpha value is -0.250. The topological polar surface area (TPSA) is 37.3 Å². The SMILES string of the molecule is CCSC(F)C(=O)O. The average molecular weight is 138 g/mol. The molecule has 1 N–H and O–H groups in total. The van der Waals surface area contributed by atoms with E-state index >= 15 is 0 Å². The number of carboxylic acid groups (broad SMARTS) is 1. The van der Waals surface area contributed by atoms with E-state index < -0.39 is 11.5 Å². The quantitative estimate of drug-likeness (QED) is 0.635. The van der Waals surface area contributed by atoms with E-state index in [0.717, 1.165) is 11.8 Å². The summed E-state index contributed by atoms with van der Waals surface area (Å²) in [5.74, 6) is -0.898. The molecule has 1 unspecified atom stereocenters. The van der Waals surface area contributed by atoms with Crippen molar-refractivity contribution in [3.05, 3.63) is 0 Å². The third kappa shape index (κ3) is 2.85. The fraction of sp³-hybridized carbons (Fsp3) is 0.750. The lowest BCUT2D eigenvalue weighted by Crippen LogP contribution is -2.09. The molecule has 0 bridgehead atoms. The molecule has 0 spiro atoms. The average Bonchev–Trinajstić information content (AvgIpc) is 1.67.